The molecule has 2 atom stereocenters. The van der Waals surface area contributed by atoms with E-state index in [0.29, 0.717) is 0 Å². The molecular weight excluding hydrogens is 174 g/mol. The fourth-order valence-electron chi connectivity index (χ4n) is 1.08. The summed E-state index contributed by atoms with van der Waals surface area (Å²) in [4.78, 5) is 0. The molecule has 0 fully saturated rings. The molecule has 4 radical (unpaired) electrons. The summed E-state index contributed by atoms with van der Waals surface area (Å²) in [5, 5.41) is 0. The Kier molecular flexibility index (Phi) is 3.92. The average molecular weight is 194 g/mol. The second-order valence-corrected chi connectivity index (χ2v) is 16.6. The van der Waals surface area contributed by atoms with E-state index in [9.17, 15) is 0 Å². The Balaban J connectivity index is 4.41. The lowest BCUT2D eigenvalue weighted by atomic mass is 9.88. The topological polar surface area (TPSA) is 0 Å². The highest BCUT2D eigenvalue weighted by atomic mass is 28.3. The molecule has 0 nitrogen and oxygen atoms in total. The van der Waals surface area contributed by atoms with Gasteiger partial charge in [0, 0.05) is 16.1 Å². The summed E-state index contributed by atoms with van der Waals surface area (Å²) in [6.45, 7) is 13.7. The van der Waals surface area contributed by atoms with Crippen molar-refractivity contribution in [3.8, 4) is 0 Å². The molecule has 0 aromatic carbocycles. The van der Waals surface area contributed by atoms with Gasteiger partial charge in [-0.3, -0.25) is 0 Å². The second kappa shape index (κ2) is 3.74. The summed E-state index contributed by atoms with van der Waals surface area (Å²) in [6, 6.07) is 0. The summed E-state index contributed by atoms with van der Waals surface area (Å²) >= 11 is 0. The van der Waals surface area contributed by atoms with Gasteiger partial charge in [-0.25, -0.2) is 0 Å². The van der Waals surface area contributed by atoms with Gasteiger partial charge in [-0.15, -0.1) is 0 Å². The molecule has 0 aromatic heterocycles. The zero-order valence-corrected chi connectivity index (χ0v) is 11.3. The zero-order chi connectivity index (χ0) is 10.2. The fourth-order valence-corrected chi connectivity index (χ4v) is 6.23. The molecule has 0 saturated carbocycles. The molecule has 0 aromatic rings. The van der Waals surface area contributed by atoms with Gasteiger partial charge < -0.3 is 0 Å². The maximum absolute atomic E-state index is 6.15. The van der Waals surface area contributed by atoms with Crippen LogP contribution in [0.2, 0.25) is 50.2 Å². The first-order chi connectivity index (χ1) is 5.07. The first kappa shape index (κ1) is 12.6. The van der Waals surface area contributed by atoms with E-state index < -0.39 is 16.1 Å². The standard InChI is InChI=1S/C8H20B2Si2/c1-11(2,3)7(9)8(10)12(4,5)6/h7-8H,1-6H3. The lowest BCUT2D eigenvalue weighted by Crippen LogP contribution is -2.41. The first-order valence-corrected chi connectivity index (χ1v) is 11.7. The van der Waals surface area contributed by atoms with E-state index in [1.54, 1.807) is 0 Å². The molecule has 0 N–H and O–H groups in total. The molecule has 0 aliphatic rings. The van der Waals surface area contributed by atoms with E-state index in [1.165, 1.54) is 0 Å². The predicted octanol–water partition coefficient (Wildman–Crippen LogP) is 2.66. The van der Waals surface area contributed by atoms with Crippen LogP contribution in [0.4, 0.5) is 0 Å². The van der Waals surface area contributed by atoms with Gasteiger partial charge in [-0.05, 0) is 0 Å². The fraction of sp³-hybridized carbons (Fsp3) is 1.00. The molecule has 0 spiro atoms. The highest BCUT2D eigenvalue weighted by Crippen LogP contribution is 2.35. The van der Waals surface area contributed by atoms with E-state index in [4.69, 9.17) is 15.7 Å². The molecule has 2 unspecified atom stereocenters. The van der Waals surface area contributed by atoms with E-state index >= 15 is 0 Å². The summed E-state index contributed by atoms with van der Waals surface area (Å²) in [5.41, 5.74) is 0.508. The highest BCUT2D eigenvalue weighted by molar-refractivity contribution is 6.90. The molecule has 12 heavy (non-hydrogen) atoms. The Bertz CT molecular complexity index is 128. The minimum absolute atomic E-state index is 0.254. The molecule has 0 amide bonds. The monoisotopic (exact) mass is 194 g/mol. The van der Waals surface area contributed by atoms with Crippen LogP contribution in [0, 0.1) is 0 Å². The van der Waals surface area contributed by atoms with Crippen molar-refractivity contribution < 1.29 is 0 Å². The van der Waals surface area contributed by atoms with Crippen molar-refractivity contribution in [3.05, 3.63) is 0 Å². The van der Waals surface area contributed by atoms with Crippen LogP contribution in [0.15, 0.2) is 0 Å². The van der Waals surface area contributed by atoms with Crippen LogP contribution in [-0.4, -0.2) is 31.8 Å². The van der Waals surface area contributed by atoms with Gasteiger partial charge in [-0.2, -0.15) is 0 Å². The van der Waals surface area contributed by atoms with Crippen LogP contribution in [0.5, 0.6) is 0 Å². The number of hydrogen-bond donors (Lipinski definition) is 0. The molecule has 4 heteroatoms. The number of hydrogen-bond acceptors (Lipinski definition) is 0. The summed E-state index contributed by atoms with van der Waals surface area (Å²) in [6.07, 6.45) is 0. The maximum Gasteiger partial charge on any atom is 0.0649 e. The Morgan fingerprint density at radius 1 is 0.667 bits per heavy atom. The molecule has 66 valence electrons. The summed E-state index contributed by atoms with van der Waals surface area (Å²) < 4.78 is 0. The molecule has 0 rings (SSSR count). The van der Waals surface area contributed by atoms with E-state index in [2.05, 4.69) is 39.3 Å². The Morgan fingerprint density at radius 3 is 0.917 bits per heavy atom. The van der Waals surface area contributed by atoms with Crippen LogP contribution in [-0.2, 0) is 0 Å². The summed E-state index contributed by atoms with van der Waals surface area (Å²) in [7, 11) is 9.81. The van der Waals surface area contributed by atoms with Gasteiger partial charge in [0.1, 0.15) is 0 Å². The van der Waals surface area contributed by atoms with Crippen molar-refractivity contribution in [1.29, 1.82) is 0 Å². The maximum atomic E-state index is 6.15. The van der Waals surface area contributed by atoms with Gasteiger partial charge >= 0.3 is 0 Å². The van der Waals surface area contributed by atoms with Gasteiger partial charge in [-0.1, -0.05) is 50.2 Å². The first-order valence-electron chi connectivity index (χ1n) is 4.58. The lowest BCUT2D eigenvalue weighted by Gasteiger charge is -2.38. The van der Waals surface area contributed by atoms with Crippen molar-refractivity contribution in [3.63, 3.8) is 0 Å². The third-order valence-electron chi connectivity index (χ3n) is 2.39. The van der Waals surface area contributed by atoms with Gasteiger partial charge in [0.05, 0.1) is 15.7 Å². The SMILES string of the molecule is [B]C(C([B])[Si](C)(C)C)[Si](C)(C)C. The zero-order valence-electron chi connectivity index (χ0n) is 9.31. The van der Waals surface area contributed by atoms with Crippen LogP contribution in [0.1, 0.15) is 0 Å². The second-order valence-electron chi connectivity index (χ2n) is 5.78. The van der Waals surface area contributed by atoms with Crippen molar-refractivity contribution in [2.75, 3.05) is 0 Å². The number of rotatable bonds is 3. The van der Waals surface area contributed by atoms with Crippen LogP contribution < -0.4 is 0 Å². The third kappa shape index (κ3) is 3.52. The molecule has 0 aliphatic carbocycles. The molecule has 0 bridgehead atoms. The Hall–Kier alpha value is 0.564. The molecule has 0 saturated heterocycles. The van der Waals surface area contributed by atoms with Gasteiger partial charge in [0.2, 0.25) is 0 Å². The van der Waals surface area contributed by atoms with E-state index in [0.717, 1.165) is 0 Å². The minimum Gasteiger partial charge on any atom is -0.0881 e. The summed E-state index contributed by atoms with van der Waals surface area (Å²) in [5.74, 6) is 0. The lowest BCUT2D eigenvalue weighted by molar-refractivity contribution is 1.11. The van der Waals surface area contributed by atoms with Crippen molar-refractivity contribution in [1.82, 2.24) is 0 Å². The highest BCUT2D eigenvalue weighted by Gasteiger charge is 2.33. The van der Waals surface area contributed by atoms with Crippen molar-refractivity contribution in [2.24, 2.45) is 0 Å². The Labute approximate surface area is 82.4 Å². The van der Waals surface area contributed by atoms with Crippen LogP contribution in [0.3, 0.4) is 0 Å². The van der Waals surface area contributed by atoms with E-state index in [-0.39, 0.29) is 10.9 Å². The largest absolute Gasteiger partial charge is 0.0881 e. The smallest absolute Gasteiger partial charge is 0.0649 e. The van der Waals surface area contributed by atoms with Crippen molar-refractivity contribution >= 4 is 31.8 Å². The molecule has 0 aliphatic heterocycles. The Morgan fingerprint density at radius 2 is 0.833 bits per heavy atom. The normalized spacial score (nSPS) is 18.8. The van der Waals surface area contributed by atoms with Crippen LogP contribution >= 0.6 is 0 Å². The van der Waals surface area contributed by atoms with Crippen molar-refractivity contribution in [2.45, 2.75) is 50.2 Å². The average Bonchev–Trinajstić information content (AvgIpc) is 1.80. The minimum atomic E-state index is -1.25. The molecule has 0 heterocycles. The van der Waals surface area contributed by atoms with Gasteiger partial charge in [0.25, 0.3) is 0 Å². The van der Waals surface area contributed by atoms with Gasteiger partial charge in [0.15, 0.2) is 0 Å². The predicted molar refractivity (Wildman–Crippen MR) is 65.7 cm³/mol. The quantitative estimate of drug-likeness (QED) is 0.606. The third-order valence-corrected chi connectivity index (χ3v) is 7.44. The van der Waals surface area contributed by atoms with E-state index in [1.807, 2.05) is 0 Å². The molecular formula is C8H20B2Si2. The van der Waals surface area contributed by atoms with Crippen LogP contribution in [0.25, 0.3) is 0 Å².